The second-order valence-electron chi connectivity index (χ2n) is 4.00. The zero-order valence-corrected chi connectivity index (χ0v) is 9.95. The van der Waals surface area contributed by atoms with E-state index in [0.29, 0.717) is 0 Å². The van der Waals surface area contributed by atoms with Crippen molar-refractivity contribution in [3.63, 3.8) is 0 Å². The van der Waals surface area contributed by atoms with Crippen LogP contribution in [0.25, 0.3) is 0 Å². The molecule has 0 spiro atoms. The summed E-state index contributed by atoms with van der Waals surface area (Å²) in [4.78, 5) is 0. The number of unbranched alkanes of at least 4 members (excludes halogenated alkanes) is 3. The lowest BCUT2D eigenvalue weighted by atomic mass is 10.1. The average Bonchev–Trinajstić information content (AvgIpc) is 2.33. The van der Waals surface area contributed by atoms with Gasteiger partial charge in [0.25, 0.3) is 0 Å². The third-order valence-electron chi connectivity index (χ3n) is 2.49. The first-order chi connectivity index (χ1) is 7.83. The van der Waals surface area contributed by atoms with E-state index in [0.717, 1.165) is 18.4 Å². The summed E-state index contributed by atoms with van der Waals surface area (Å²) in [6, 6.07) is 9.79. The molecule has 0 fully saturated rings. The molecule has 0 aromatic heterocycles. The third-order valence-corrected chi connectivity index (χ3v) is 2.49. The maximum atomic E-state index is 9.64. The quantitative estimate of drug-likeness (QED) is 0.591. The van der Waals surface area contributed by atoms with E-state index in [1.165, 1.54) is 19.3 Å². The molecule has 0 heterocycles. The Hall–Kier alpha value is -1.26. The molecule has 0 aliphatic carbocycles. The van der Waals surface area contributed by atoms with Gasteiger partial charge >= 0.3 is 0 Å². The minimum atomic E-state index is -0.475. The summed E-state index contributed by atoms with van der Waals surface area (Å²) >= 11 is 0. The molecule has 1 nitrogen and oxygen atoms in total. The van der Waals surface area contributed by atoms with Crippen molar-refractivity contribution in [1.29, 1.82) is 0 Å². The molecule has 1 unspecified atom stereocenters. The van der Waals surface area contributed by atoms with Gasteiger partial charge in [0.05, 0.1) is 0 Å². The maximum Gasteiger partial charge on any atom is 0.115 e. The Balaban J connectivity index is 2.29. The van der Waals surface area contributed by atoms with Crippen LogP contribution < -0.4 is 0 Å². The Morgan fingerprint density at radius 2 is 1.88 bits per heavy atom. The summed E-state index contributed by atoms with van der Waals surface area (Å²) in [7, 11) is 0. The third kappa shape index (κ3) is 5.58. The van der Waals surface area contributed by atoms with Gasteiger partial charge in [-0.2, -0.15) is 0 Å². The van der Waals surface area contributed by atoms with E-state index in [1.54, 1.807) is 0 Å². The fourth-order valence-corrected chi connectivity index (χ4v) is 1.52. The molecule has 1 aromatic carbocycles. The second-order valence-corrected chi connectivity index (χ2v) is 4.00. The SMILES string of the molecule is CCCCCCC(O)C#Cc1ccccc1. The lowest BCUT2D eigenvalue weighted by molar-refractivity contribution is 0.217. The van der Waals surface area contributed by atoms with E-state index >= 15 is 0 Å². The lowest BCUT2D eigenvalue weighted by Crippen LogP contribution is -2.02. The van der Waals surface area contributed by atoms with E-state index in [4.69, 9.17) is 0 Å². The Labute approximate surface area is 98.5 Å². The van der Waals surface area contributed by atoms with Crippen molar-refractivity contribution in [2.45, 2.75) is 45.1 Å². The normalized spacial score (nSPS) is 11.6. The first kappa shape index (κ1) is 12.8. The molecule has 0 aliphatic rings. The summed E-state index contributed by atoms with van der Waals surface area (Å²) in [6.07, 6.45) is 5.06. The van der Waals surface area contributed by atoms with Gasteiger partial charge in [-0.3, -0.25) is 0 Å². The maximum absolute atomic E-state index is 9.64. The molecule has 1 N–H and O–H groups in total. The number of hydrogen-bond donors (Lipinski definition) is 1. The van der Waals surface area contributed by atoms with Gasteiger partial charge in [-0.25, -0.2) is 0 Å². The number of aliphatic hydroxyl groups is 1. The largest absolute Gasteiger partial charge is 0.380 e. The molecule has 0 bridgehead atoms. The Kier molecular flexibility index (Phi) is 6.37. The van der Waals surface area contributed by atoms with Gasteiger partial charge in [0, 0.05) is 5.56 Å². The van der Waals surface area contributed by atoms with Crippen molar-refractivity contribution in [2.24, 2.45) is 0 Å². The zero-order valence-electron chi connectivity index (χ0n) is 9.95. The molecule has 16 heavy (non-hydrogen) atoms. The molecule has 1 heteroatoms. The van der Waals surface area contributed by atoms with Gasteiger partial charge in [0.1, 0.15) is 6.10 Å². The first-order valence-corrected chi connectivity index (χ1v) is 6.07. The molecular weight excluding hydrogens is 196 g/mol. The predicted molar refractivity (Wildman–Crippen MR) is 68.1 cm³/mol. The molecule has 1 aromatic rings. The van der Waals surface area contributed by atoms with Crippen LogP contribution >= 0.6 is 0 Å². The van der Waals surface area contributed by atoms with Crippen LogP contribution in [0.15, 0.2) is 30.3 Å². The highest BCUT2D eigenvalue weighted by Crippen LogP contribution is 2.05. The van der Waals surface area contributed by atoms with Crippen LogP contribution in [0.2, 0.25) is 0 Å². The summed E-state index contributed by atoms with van der Waals surface area (Å²) in [6.45, 7) is 2.19. The van der Waals surface area contributed by atoms with Crippen LogP contribution in [0.3, 0.4) is 0 Å². The predicted octanol–water partition coefficient (Wildman–Crippen LogP) is 3.37. The van der Waals surface area contributed by atoms with Gasteiger partial charge < -0.3 is 5.11 Å². The van der Waals surface area contributed by atoms with Crippen LogP contribution in [0.1, 0.15) is 44.6 Å². The number of aliphatic hydroxyl groups excluding tert-OH is 1. The Bertz CT molecular complexity index is 331. The fraction of sp³-hybridized carbons (Fsp3) is 0.467. The highest BCUT2D eigenvalue weighted by atomic mass is 16.3. The highest BCUT2D eigenvalue weighted by molar-refractivity contribution is 5.34. The summed E-state index contributed by atoms with van der Waals surface area (Å²) in [5.74, 6) is 5.87. The van der Waals surface area contributed by atoms with Crippen LogP contribution in [-0.2, 0) is 0 Å². The van der Waals surface area contributed by atoms with E-state index in [1.807, 2.05) is 30.3 Å². The monoisotopic (exact) mass is 216 g/mol. The van der Waals surface area contributed by atoms with E-state index < -0.39 is 6.10 Å². The Morgan fingerprint density at radius 3 is 2.56 bits per heavy atom. The zero-order chi connectivity index (χ0) is 11.6. The standard InChI is InChI=1S/C15H20O/c1-2-3-4-8-11-15(16)13-12-14-9-6-5-7-10-14/h5-7,9-10,15-16H,2-4,8,11H2,1H3. The topological polar surface area (TPSA) is 20.2 Å². The second kappa shape index (κ2) is 7.96. The van der Waals surface area contributed by atoms with E-state index in [-0.39, 0.29) is 0 Å². The summed E-state index contributed by atoms with van der Waals surface area (Å²) in [5, 5.41) is 9.64. The van der Waals surface area contributed by atoms with Gasteiger partial charge in [-0.15, -0.1) is 0 Å². The lowest BCUT2D eigenvalue weighted by Gasteiger charge is -2.01. The number of hydrogen-bond acceptors (Lipinski definition) is 1. The number of rotatable bonds is 5. The van der Waals surface area contributed by atoms with Crippen LogP contribution in [0, 0.1) is 11.8 Å². The molecule has 1 atom stereocenters. The summed E-state index contributed by atoms with van der Waals surface area (Å²) < 4.78 is 0. The molecular formula is C15H20O. The molecule has 0 saturated carbocycles. The van der Waals surface area contributed by atoms with Gasteiger partial charge in [-0.05, 0) is 25.0 Å². The minimum absolute atomic E-state index is 0.475. The smallest absolute Gasteiger partial charge is 0.115 e. The van der Waals surface area contributed by atoms with Gasteiger partial charge in [0.2, 0.25) is 0 Å². The first-order valence-electron chi connectivity index (χ1n) is 6.07. The van der Waals surface area contributed by atoms with Gasteiger partial charge in [0.15, 0.2) is 0 Å². The van der Waals surface area contributed by atoms with Crippen LogP contribution in [-0.4, -0.2) is 11.2 Å². The Morgan fingerprint density at radius 1 is 1.12 bits per heavy atom. The average molecular weight is 216 g/mol. The van der Waals surface area contributed by atoms with Crippen molar-refractivity contribution in [3.8, 4) is 11.8 Å². The van der Waals surface area contributed by atoms with E-state index in [9.17, 15) is 5.11 Å². The fourth-order valence-electron chi connectivity index (χ4n) is 1.52. The minimum Gasteiger partial charge on any atom is -0.380 e. The molecule has 0 amide bonds. The van der Waals surface area contributed by atoms with Crippen molar-refractivity contribution < 1.29 is 5.11 Å². The molecule has 86 valence electrons. The van der Waals surface area contributed by atoms with Crippen LogP contribution in [0.5, 0.6) is 0 Å². The van der Waals surface area contributed by atoms with E-state index in [2.05, 4.69) is 18.8 Å². The number of benzene rings is 1. The van der Waals surface area contributed by atoms with Gasteiger partial charge in [-0.1, -0.05) is 56.2 Å². The van der Waals surface area contributed by atoms with Crippen molar-refractivity contribution in [3.05, 3.63) is 35.9 Å². The molecule has 1 rings (SSSR count). The van der Waals surface area contributed by atoms with Crippen molar-refractivity contribution >= 4 is 0 Å². The molecule has 0 aliphatic heterocycles. The summed E-state index contributed by atoms with van der Waals surface area (Å²) in [5.41, 5.74) is 0.968. The molecule has 0 radical (unpaired) electrons. The highest BCUT2D eigenvalue weighted by Gasteiger charge is 1.97. The van der Waals surface area contributed by atoms with Crippen LogP contribution in [0.4, 0.5) is 0 Å². The molecule has 0 saturated heterocycles. The van der Waals surface area contributed by atoms with Crippen molar-refractivity contribution in [2.75, 3.05) is 0 Å². The van der Waals surface area contributed by atoms with Crippen molar-refractivity contribution in [1.82, 2.24) is 0 Å².